The van der Waals surface area contributed by atoms with Gasteiger partial charge in [0, 0.05) is 0 Å². The van der Waals surface area contributed by atoms with E-state index in [9.17, 15) is 13.2 Å². The van der Waals surface area contributed by atoms with Crippen LogP contribution in [0.2, 0.25) is 0 Å². The van der Waals surface area contributed by atoms with Gasteiger partial charge in [-0.25, -0.2) is 17.9 Å². The maximum absolute atomic E-state index is 11.8. The molecule has 20 heavy (non-hydrogen) atoms. The van der Waals surface area contributed by atoms with Crippen LogP contribution >= 0.6 is 0 Å². The quantitative estimate of drug-likeness (QED) is 0.942. The van der Waals surface area contributed by atoms with Crippen LogP contribution in [0.25, 0.3) is 11.1 Å². The third-order valence-corrected chi connectivity index (χ3v) is 4.00. The normalized spacial score (nSPS) is 10.8. The molecular weight excluding hydrogens is 278 g/mol. The zero-order valence-corrected chi connectivity index (χ0v) is 11.6. The Kier molecular flexibility index (Phi) is 4.05. The van der Waals surface area contributed by atoms with E-state index in [0.29, 0.717) is 0 Å². The van der Waals surface area contributed by atoms with Gasteiger partial charge in [-0.1, -0.05) is 42.5 Å². The van der Waals surface area contributed by atoms with Crippen LogP contribution in [-0.4, -0.2) is 21.6 Å². The number of hydrogen-bond acceptors (Lipinski definition) is 4. The molecule has 0 unspecified atom stereocenters. The first-order valence-electron chi connectivity index (χ1n) is 5.79. The SMILES string of the molecule is COC(=O)NS(=O)(=O)c1ccc(-c2ccccc2)cc1. The average molecular weight is 291 g/mol. The van der Waals surface area contributed by atoms with Gasteiger partial charge in [0.2, 0.25) is 0 Å². The summed E-state index contributed by atoms with van der Waals surface area (Å²) in [6, 6.07) is 15.8. The number of carbonyl (C=O) groups is 1. The largest absolute Gasteiger partial charge is 0.452 e. The first-order chi connectivity index (χ1) is 9.53. The van der Waals surface area contributed by atoms with Crippen LogP contribution in [0, 0.1) is 0 Å². The van der Waals surface area contributed by atoms with E-state index in [0.717, 1.165) is 18.2 Å². The van der Waals surface area contributed by atoms with E-state index in [1.165, 1.54) is 12.1 Å². The van der Waals surface area contributed by atoms with Crippen molar-refractivity contribution in [2.24, 2.45) is 0 Å². The molecule has 0 atom stereocenters. The molecule has 0 saturated carbocycles. The summed E-state index contributed by atoms with van der Waals surface area (Å²) in [5.74, 6) is 0. The number of sulfonamides is 1. The van der Waals surface area contributed by atoms with Crippen LogP contribution in [0.15, 0.2) is 59.5 Å². The number of carbonyl (C=O) groups excluding carboxylic acids is 1. The van der Waals surface area contributed by atoms with Crippen molar-refractivity contribution in [2.75, 3.05) is 7.11 Å². The number of hydrogen-bond donors (Lipinski definition) is 1. The van der Waals surface area contributed by atoms with Gasteiger partial charge in [-0.3, -0.25) is 0 Å². The molecule has 1 amide bonds. The summed E-state index contributed by atoms with van der Waals surface area (Å²) in [4.78, 5) is 11.0. The Labute approximate surface area is 117 Å². The van der Waals surface area contributed by atoms with Crippen molar-refractivity contribution >= 4 is 16.1 Å². The van der Waals surface area contributed by atoms with Crippen LogP contribution < -0.4 is 4.72 Å². The van der Waals surface area contributed by atoms with E-state index in [4.69, 9.17) is 0 Å². The predicted octanol–water partition coefficient (Wildman–Crippen LogP) is 2.40. The van der Waals surface area contributed by atoms with Gasteiger partial charge in [0.15, 0.2) is 0 Å². The first kappa shape index (κ1) is 14.1. The minimum Gasteiger partial charge on any atom is -0.452 e. The molecule has 0 aliphatic rings. The van der Waals surface area contributed by atoms with Gasteiger partial charge in [-0.2, -0.15) is 0 Å². The molecule has 104 valence electrons. The Balaban J connectivity index is 2.27. The standard InChI is InChI=1S/C14H13NO4S/c1-19-14(16)15-20(17,18)13-9-7-12(8-10-13)11-5-3-2-4-6-11/h2-10H,1H3,(H,15,16). The van der Waals surface area contributed by atoms with E-state index in [-0.39, 0.29) is 4.90 Å². The van der Waals surface area contributed by atoms with Gasteiger partial charge in [-0.05, 0) is 23.3 Å². The molecule has 2 rings (SSSR count). The molecule has 0 aromatic heterocycles. The fourth-order valence-corrected chi connectivity index (χ4v) is 2.58. The number of methoxy groups -OCH3 is 1. The summed E-state index contributed by atoms with van der Waals surface area (Å²) in [5, 5.41) is 0. The van der Waals surface area contributed by atoms with Gasteiger partial charge < -0.3 is 4.74 Å². The number of nitrogens with one attached hydrogen (secondary N) is 1. The highest BCUT2D eigenvalue weighted by Gasteiger charge is 2.17. The molecule has 0 spiro atoms. The number of amides is 1. The lowest BCUT2D eigenvalue weighted by molar-refractivity contribution is 0.177. The molecule has 6 heteroatoms. The molecule has 0 radical (unpaired) electrons. The van der Waals surface area contributed by atoms with Crippen molar-refractivity contribution in [1.82, 2.24) is 4.72 Å². The highest BCUT2D eigenvalue weighted by atomic mass is 32.2. The zero-order chi connectivity index (χ0) is 14.6. The maximum atomic E-state index is 11.8. The molecule has 0 aliphatic carbocycles. The molecule has 0 heterocycles. The van der Waals surface area contributed by atoms with Gasteiger partial charge in [0.05, 0.1) is 12.0 Å². The predicted molar refractivity (Wildman–Crippen MR) is 74.6 cm³/mol. The molecule has 1 N–H and O–H groups in total. The Morgan fingerprint density at radius 1 is 0.950 bits per heavy atom. The zero-order valence-electron chi connectivity index (χ0n) is 10.7. The van der Waals surface area contributed by atoms with E-state index in [2.05, 4.69) is 4.74 Å². The Hall–Kier alpha value is -2.34. The molecular formula is C14H13NO4S. The molecule has 0 fully saturated rings. The molecule has 0 saturated heterocycles. The lowest BCUT2D eigenvalue weighted by Crippen LogP contribution is -2.30. The van der Waals surface area contributed by atoms with E-state index in [1.54, 1.807) is 16.9 Å². The highest BCUT2D eigenvalue weighted by molar-refractivity contribution is 7.90. The average Bonchev–Trinajstić information content (AvgIpc) is 2.48. The van der Waals surface area contributed by atoms with E-state index >= 15 is 0 Å². The topological polar surface area (TPSA) is 72.5 Å². The Bertz CT molecular complexity index is 694. The number of ether oxygens (including phenoxy) is 1. The third-order valence-electron chi connectivity index (χ3n) is 2.67. The first-order valence-corrected chi connectivity index (χ1v) is 7.27. The van der Waals surface area contributed by atoms with Crippen molar-refractivity contribution in [3.8, 4) is 11.1 Å². The fraction of sp³-hybridized carbons (Fsp3) is 0.0714. The van der Waals surface area contributed by atoms with Gasteiger partial charge in [0.25, 0.3) is 10.0 Å². The van der Waals surface area contributed by atoms with E-state index in [1.807, 2.05) is 30.3 Å². The van der Waals surface area contributed by atoms with Crippen molar-refractivity contribution in [3.05, 3.63) is 54.6 Å². The molecule has 2 aromatic rings. The smallest absolute Gasteiger partial charge is 0.420 e. The third kappa shape index (κ3) is 3.16. The van der Waals surface area contributed by atoms with Gasteiger partial charge in [-0.15, -0.1) is 0 Å². The lowest BCUT2D eigenvalue weighted by atomic mass is 10.1. The number of rotatable bonds is 3. The van der Waals surface area contributed by atoms with Crippen molar-refractivity contribution in [2.45, 2.75) is 4.90 Å². The van der Waals surface area contributed by atoms with Crippen molar-refractivity contribution < 1.29 is 17.9 Å². The van der Waals surface area contributed by atoms with Crippen molar-refractivity contribution in [1.29, 1.82) is 0 Å². The minimum absolute atomic E-state index is 0.00239. The summed E-state index contributed by atoms with van der Waals surface area (Å²) in [6.45, 7) is 0. The second kappa shape index (κ2) is 5.75. The van der Waals surface area contributed by atoms with Crippen LogP contribution in [-0.2, 0) is 14.8 Å². The molecule has 2 aromatic carbocycles. The second-order valence-corrected chi connectivity index (χ2v) is 5.67. The Morgan fingerprint density at radius 2 is 1.50 bits per heavy atom. The molecule has 0 aliphatic heterocycles. The summed E-state index contributed by atoms with van der Waals surface area (Å²) >= 11 is 0. The summed E-state index contributed by atoms with van der Waals surface area (Å²) < 4.78 is 29.7. The van der Waals surface area contributed by atoms with Crippen LogP contribution in [0.4, 0.5) is 4.79 Å². The van der Waals surface area contributed by atoms with E-state index < -0.39 is 16.1 Å². The minimum atomic E-state index is -3.90. The highest BCUT2D eigenvalue weighted by Crippen LogP contribution is 2.20. The summed E-state index contributed by atoms with van der Waals surface area (Å²) in [5.41, 5.74) is 1.87. The van der Waals surface area contributed by atoms with Crippen LogP contribution in [0.5, 0.6) is 0 Å². The number of benzene rings is 2. The molecule has 5 nitrogen and oxygen atoms in total. The monoisotopic (exact) mass is 291 g/mol. The lowest BCUT2D eigenvalue weighted by Gasteiger charge is -2.07. The van der Waals surface area contributed by atoms with Crippen molar-refractivity contribution in [3.63, 3.8) is 0 Å². The van der Waals surface area contributed by atoms with Gasteiger partial charge >= 0.3 is 6.09 Å². The van der Waals surface area contributed by atoms with Crippen LogP contribution in [0.3, 0.4) is 0 Å². The van der Waals surface area contributed by atoms with Crippen LogP contribution in [0.1, 0.15) is 0 Å². The Morgan fingerprint density at radius 3 is 2.05 bits per heavy atom. The second-order valence-electron chi connectivity index (χ2n) is 3.99. The maximum Gasteiger partial charge on any atom is 0.420 e. The van der Waals surface area contributed by atoms with Gasteiger partial charge in [0.1, 0.15) is 0 Å². The summed E-state index contributed by atoms with van der Waals surface area (Å²) in [7, 11) is -2.79. The molecule has 0 bridgehead atoms. The fourth-order valence-electron chi connectivity index (χ4n) is 1.67. The summed E-state index contributed by atoms with van der Waals surface area (Å²) in [6.07, 6.45) is -1.02.